The van der Waals surface area contributed by atoms with Gasteiger partial charge in [-0.15, -0.1) is 0 Å². The van der Waals surface area contributed by atoms with E-state index in [-0.39, 0.29) is 0 Å². The van der Waals surface area contributed by atoms with Gasteiger partial charge in [0.15, 0.2) is 0 Å². The quantitative estimate of drug-likeness (QED) is 0.896. The fourth-order valence-electron chi connectivity index (χ4n) is 1.81. The van der Waals surface area contributed by atoms with Gasteiger partial charge in [-0.1, -0.05) is 13.0 Å². The lowest BCUT2D eigenvalue weighted by molar-refractivity contribution is 0.670. The van der Waals surface area contributed by atoms with Crippen LogP contribution in [0.2, 0.25) is 0 Å². The maximum absolute atomic E-state index is 5.63. The third-order valence-electron chi connectivity index (χ3n) is 2.65. The van der Waals surface area contributed by atoms with Gasteiger partial charge in [-0.25, -0.2) is 0 Å². The van der Waals surface area contributed by atoms with Gasteiger partial charge in [-0.05, 0) is 53.9 Å². The molecule has 3 heteroatoms. The average Bonchev–Trinajstić information content (AvgIpc) is 2.26. The SMILES string of the molecule is CCCN(c1ccc(CN)cc1Br)C(C)C. The number of hydrogen-bond donors (Lipinski definition) is 1. The summed E-state index contributed by atoms with van der Waals surface area (Å²) in [7, 11) is 0. The normalized spacial score (nSPS) is 10.9. The minimum atomic E-state index is 0.514. The van der Waals surface area contributed by atoms with Crippen molar-refractivity contribution in [3.8, 4) is 0 Å². The summed E-state index contributed by atoms with van der Waals surface area (Å²) in [5.41, 5.74) is 8.05. The van der Waals surface area contributed by atoms with Gasteiger partial charge in [0.2, 0.25) is 0 Å². The molecule has 2 N–H and O–H groups in total. The van der Waals surface area contributed by atoms with Crippen LogP contribution in [0.15, 0.2) is 22.7 Å². The summed E-state index contributed by atoms with van der Waals surface area (Å²) in [4.78, 5) is 2.41. The Morgan fingerprint density at radius 2 is 2.06 bits per heavy atom. The fraction of sp³-hybridized carbons (Fsp3) is 0.538. The number of nitrogens with zero attached hydrogens (tertiary/aromatic N) is 1. The zero-order valence-electron chi connectivity index (χ0n) is 10.3. The van der Waals surface area contributed by atoms with Crippen molar-refractivity contribution in [2.45, 2.75) is 39.8 Å². The van der Waals surface area contributed by atoms with E-state index >= 15 is 0 Å². The molecule has 0 saturated carbocycles. The van der Waals surface area contributed by atoms with Gasteiger partial charge in [0.25, 0.3) is 0 Å². The second-order valence-corrected chi connectivity index (χ2v) is 5.13. The average molecular weight is 285 g/mol. The van der Waals surface area contributed by atoms with E-state index in [9.17, 15) is 0 Å². The van der Waals surface area contributed by atoms with Crippen molar-refractivity contribution in [3.05, 3.63) is 28.2 Å². The van der Waals surface area contributed by atoms with Gasteiger partial charge in [-0.3, -0.25) is 0 Å². The molecular formula is C13H21BrN2. The van der Waals surface area contributed by atoms with E-state index in [0.717, 1.165) is 23.0 Å². The highest BCUT2D eigenvalue weighted by atomic mass is 79.9. The second-order valence-electron chi connectivity index (χ2n) is 4.28. The van der Waals surface area contributed by atoms with Crippen molar-refractivity contribution >= 4 is 21.6 Å². The molecule has 0 aromatic heterocycles. The maximum Gasteiger partial charge on any atom is 0.0513 e. The van der Waals surface area contributed by atoms with Crippen LogP contribution >= 0.6 is 15.9 Å². The minimum Gasteiger partial charge on any atom is -0.368 e. The molecule has 0 saturated heterocycles. The predicted molar refractivity (Wildman–Crippen MR) is 74.8 cm³/mol. The molecule has 0 unspecified atom stereocenters. The Labute approximate surface area is 107 Å². The van der Waals surface area contributed by atoms with E-state index in [0.29, 0.717) is 12.6 Å². The molecule has 0 aliphatic heterocycles. The van der Waals surface area contributed by atoms with Gasteiger partial charge in [0.05, 0.1) is 5.69 Å². The first-order valence-electron chi connectivity index (χ1n) is 5.85. The van der Waals surface area contributed by atoms with Gasteiger partial charge >= 0.3 is 0 Å². The third-order valence-corrected chi connectivity index (χ3v) is 3.28. The fourth-order valence-corrected chi connectivity index (χ4v) is 2.46. The van der Waals surface area contributed by atoms with Crippen molar-refractivity contribution in [2.24, 2.45) is 5.73 Å². The maximum atomic E-state index is 5.63. The molecule has 1 aromatic rings. The number of anilines is 1. The topological polar surface area (TPSA) is 29.3 Å². The lowest BCUT2D eigenvalue weighted by Crippen LogP contribution is -2.31. The molecular weight excluding hydrogens is 264 g/mol. The molecule has 90 valence electrons. The van der Waals surface area contributed by atoms with Crippen molar-refractivity contribution < 1.29 is 0 Å². The predicted octanol–water partition coefficient (Wildman–Crippen LogP) is 3.53. The summed E-state index contributed by atoms with van der Waals surface area (Å²) in [5.74, 6) is 0. The summed E-state index contributed by atoms with van der Waals surface area (Å²) in [6.45, 7) is 8.32. The highest BCUT2D eigenvalue weighted by Crippen LogP contribution is 2.28. The second kappa shape index (κ2) is 6.26. The van der Waals surface area contributed by atoms with Crippen LogP contribution in [0.1, 0.15) is 32.8 Å². The third kappa shape index (κ3) is 3.22. The number of hydrogen-bond acceptors (Lipinski definition) is 2. The standard InChI is InChI=1S/C13H21BrN2/c1-4-7-16(10(2)3)13-6-5-11(9-15)8-12(13)14/h5-6,8,10H,4,7,9,15H2,1-3H3. The first kappa shape index (κ1) is 13.5. The van der Waals surface area contributed by atoms with E-state index in [2.05, 4.69) is 59.8 Å². The zero-order valence-corrected chi connectivity index (χ0v) is 11.9. The molecule has 0 spiro atoms. The Balaban J connectivity index is 3.00. The Kier molecular flexibility index (Phi) is 5.29. The van der Waals surface area contributed by atoms with Crippen LogP contribution in [-0.2, 0) is 6.54 Å². The Morgan fingerprint density at radius 3 is 2.50 bits per heavy atom. The van der Waals surface area contributed by atoms with Crippen LogP contribution < -0.4 is 10.6 Å². The highest BCUT2D eigenvalue weighted by molar-refractivity contribution is 9.10. The van der Waals surface area contributed by atoms with E-state index in [4.69, 9.17) is 5.73 Å². The van der Waals surface area contributed by atoms with Gasteiger partial charge in [0, 0.05) is 23.6 Å². The molecule has 0 radical (unpaired) electrons. The first-order valence-corrected chi connectivity index (χ1v) is 6.64. The molecule has 0 bridgehead atoms. The Morgan fingerprint density at radius 1 is 1.38 bits per heavy atom. The number of nitrogens with two attached hydrogens (primary N) is 1. The van der Waals surface area contributed by atoms with E-state index in [1.807, 2.05) is 0 Å². The highest BCUT2D eigenvalue weighted by Gasteiger charge is 2.12. The van der Waals surface area contributed by atoms with E-state index in [1.54, 1.807) is 0 Å². The molecule has 0 amide bonds. The first-order chi connectivity index (χ1) is 7.60. The van der Waals surface area contributed by atoms with Crippen LogP contribution in [0.3, 0.4) is 0 Å². The zero-order chi connectivity index (χ0) is 12.1. The van der Waals surface area contributed by atoms with Crippen molar-refractivity contribution in [3.63, 3.8) is 0 Å². The number of rotatable bonds is 5. The minimum absolute atomic E-state index is 0.514. The summed E-state index contributed by atoms with van der Waals surface area (Å²) < 4.78 is 1.14. The Hall–Kier alpha value is -0.540. The number of halogens is 1. The van der Waals surface area contributed by atoms with Crippen LogP contribution in [0, 0.1) is 0 Å². The summed E-state index contributed by atoms with van der Waals surface area (Å²) >= 11 is 3.63. The van der Waals surface area contributed by atoms with E-state index in [1.165, 1.54) is 5.69 Å². The monoisotopic (exact) mass is 284 g/mol. The Bertz CT molecular complexity index is 337. The largest absolute Gasteiger partial charge is 0.368 e. The van der Waals surface area contributed by atoms with Crippen LogP contribution in [0.5, 0.6) is 0 Å². The molecule has 0 aliphatic rings. The molecule has 0 atom stereocenters. The molecule has 1 rings (SSSR count). The van der Waals surface area contributed by atoms with E-state index < -0.39 is 0 Å². The lowest BCUT2D eigenvalue weighted by Gasteiger charge is -2.29. The molecule has 2 nitrogen and oxygen atoms in total. The molecule has 0 heterocycles. The van der Waals surface area contributed by atoms with Gasteiger partial charge < -0.3 is 10.6 Å². The van der Waals surface area contributed by atoms with Crippen molar-refractivity contribution in [2.75, 3.05) is 11.4 Å². The molecule has 16 heavy (non-hydrogen) atoms. The lowest BCUT2D eigenvalue weighted by atomic mass is 10.1. The van der Waals surface area contributed by atoms with Crippen LogP contribution in [0.25, 0.3) is 0 Å². The number of benzene rings is 1. The summed E-state index contributed by atoms with van der Waals surface area (Å²) in [5, 5.41) is 0. The van der Waals surface area contributed by atoms with Crippen molar-refractivity contribution in [1.82, 2.24) is 0 Å². The molecule has 1 aromatic carbocycles. The van der Waals surface area contributed by atoms with Crippen LogP contribution in [-0.4, -0.2) is 12.6 Å². The molecule has 0 aliphatic carbocycles. The van der Waals surface area contributed by atoms with Gasteiger partial charge in [-0.2, -0.15) is 0 Å². The molecule has 0 fully saturated rings. The van der Waals surface area contributed by atoms with Gasteiger partial charge in [0.1, 0.15) is 0 Å². The summed E-state index contributed by atoms with van der Waals surface area (Å²) in [6.07, 6.45) is 1.16. The van der Waals surface area contributed by atoms with Crippen molar-refractivity contribution in [1.29, 1.82) is 0 Å². The summed E-state index contributed by atoms with van der Waals surface area (Å²) in [6, 6.07) is 6.88. The smallest absolute Gasteiger partial charge is 0.0513 e. The van der Waals surface area contributed by atoms with Crippen LogP contribution in [0.4, 0.5) is 5.69 Å².